The van der Waals surface area contributed by atoms with Crippen molar-refractivity contribution in [3.63, 3.8) is 0 Å². The van der Waals surface area contributed by atoms with Crippen LogP contribution in [-0.4, -0.2) is 48.9 Å². The average molecular weight is 289 g/mol. The highest BCUT2D eigenvalue weighted by Crippen LogP contribution is 2.18. The van der Waals surface area contributed by atoms with Gasteiger partial charge in [0, 0.05) is 32.1 Å². The molecule has 1 saturated heterocycles. The maximum atomic E-state index is 12.2. The lowest BCUT2D eigenvalue weighted by atomic mass is 10.0. The number of rotatable bonds is 6. The van der Waals surface area contributed by atoms with Crippen molar-refractivity contribution < 1.29 is 4.79 Å². The Kier molecular flexibility index (Phi) is 5.76. The third kappa shape index (κ3) is 4.55. The van der Waals surface area contributed by atoms with E-state index < -0.39 is 0 Å². The summed E-state index contributed by atoms with van der Waals surface area (Å²) in [6, 6.07) is 10.4. The molecule has 116 valence electrons. The van der Waals surface area contributed by atoms with Gasteiger partial charge in [-0.1, -0.05) is 30.3 Å². The Morgan fingerprint density at radius 3 is 2.76 bits per heavy atom. The van der Waals surface area contributed by atoms with Gasteiger partial charge in [-0.2, -0.15) is 0 Å². The van der Waals surface area contributed by atoms with Crippen molar-refractivity contribution in [1.29, 1.82) is 0 Å². The minimum atomic E-state index is -0.0577. The number of amides is 1. The summed E-state index contributed by atoms with van der Waals surface area (Å²) in [5.74, 6) is 0.196. The fraction of sp³-hybridized carbons (Fsp3) is 0.588. The molecule has 0 bridgehead atoms. The Morgan fingerprint density at radius 1 is 1.43 bits per heavy atom. The summed E-state index contributed by atoms with van der Waals surface area (Å²) >= 11 is 0. The fourth-order valence-electron chi connectivity index (χ4n) is 2.96. The Bertz CT molecular complexity index is 449. The van der Waals surface area contributed by atoms with E-state index in [4.69, 9.17) is 5.73 Å². The van der Waals surface area contributed by atoms with Crippen LogP contribution in [0, 0.1) is 0 Å². The van der Waals surface area contributed by atoms with Crippen LogP contribution < -0.4 is 5.73 Å². The largest absolute Gasteiger partial charge is 0.344 e. The zero-order valence-corrected chi connectivity index (χ0v) is 13.2. The van der Waals surface area contributed by atoms with E-state index in [1.165, 1.54) is 12.8 Å². The van der Waals surface area contributed by atoms with Gasteiger partial charge in [0.2, 0.25) is 5.91 Å². The van der Waals surface area contributed by atoms with Crippen molar-refractivity contribution in [3.05, 3.63) is 35.9 Å². The minimum absolute atomic E-state index is 0.0577. The van der Waals surface area contributed by atoms with Gasteiger partial charge in [0.1, 0.15) is 0 Å². The molecule has 0 aliphatic carbocycles. The van der Waals surface area contributed by atoms with E-state index in [9.17, 15) is 4.79 Å². The molecule has 0 radical (unpaired) electrons. The van der Waals surface area contributed by atoms with Crippen molar-refractivity contribution in [2.45, 2.75) is 37.8 Å². The highest BCUT2D eigenvalue weighted by Gasteiger charge is 2.23. The van der Waals surface area contributed by atoms with Crippen molar-refractivity contribution in [2.24, 2.45) is 5.73 Å². The number of hydrogen-bond donors (Lipinski definition) is 1. The van der Waals surface area contributed by atoms with Crippen molar-refractivity contribution in [3.8, 4) is 0 Å². The minimum Gasteiger partial charge on any atom is -0.344 e. The van der Waals surface area contributed by atoms with Crippen molar-refractivity contribution in [2.75, 3.05) is 27.2 Å². The lowest BCUT2D eigenvalue weighted by Gasteiger charge is -2.26. The van der Waals surface area contributed by atoms with Crippen molar-refractivity contribution >= 4 is 5.91 Å². The van der Waals surface area contributed by atoms with Gasteiger partial charge in [-0.15, -0.1) is 0 Å². The van der Waals surface area contributed by atoms with Crippen LogP contribution in [0.25, 0.3) is 0 Å². The second-order valence-corrected chi connectivity index (χ2v) is 6.11. The third-order valence-corrected chi connectivity index (χ3v) is 4.48. The van der Waals surface area contributed by atoms with E-state index in [-0.39, 0.29) is 11.9 Å². The first-order chi connectivity index (χ1) is 10.1. The van der Waals surface area contributed by atoms with Gasteiger partial charge in [0.25, 0.3) is 0 Å². The first-order valence-electron chi connectivity index (χ1n) is 7.82. The van der Waals surface area contributed by atoms with Gasteiger partial charge >= 0.3 is 0 Å². The molecule has 1 aliphatic heterocycles. The number of nitrogens with zero attached hydrogens (tertiary/aromatic N) is 2. The first-order valence-corrected chi connectivity index (χ1v) is 7.82. The third-order valence-electron chi connectivity index (χ3n) is 4.48. The molecule has 2 atom stereocenters. The van der Waals surface area contributed by atoms with Crippen LogP contribution in [0.15, 0.2) is 30.3 Å². The van der Waals surface area contributed by atoms with E-state index in [0.717, 1.165) is 18.7 Å². The Labute approximate surface area is 127 Å². The van der Waals surface area contributed by atoms with Gasteiger partial charge in [-0.3, -0.25) is 4.79 Å². The number of benzene rings is 1. The number of carbonyl (C=O) groups excluding carboxylic acids is 1. The van der Waals surface area contributed by atoms with Crippen LogP contribution in [0.2, 0.25) is 0 Å². The predicted molar refractivity (Wildman–Crippen MR) is 85.9 cm³/mol. The summed E-state index contributed by atoms with van der Waals surface area (Å²) < 4.78 is 0. The number of nitrogens with two attached hydrogens (primary N) is 1. The molecule has 1 heterocycles. The van der Waals surface area contributed by atoms with Crippen LogP contribution in [0.1, 0.15) is 37.3 Å². The maximum Gasteiger partial charge on any atom is 0.222 e. The monoisotopic (exact) mass is 289 g/mol. The maximum absolute atomic E-state index is 12.2. The van der Waals surface area contributed by atoms with E-state index in [1.54, 1.807) is 0 Å². The van der Waals surface area contributed by atoms with E-state index >= 15 is 0 Å². The van der Waals surface area contributed by atoms with Gasteiger partial charge in [-0.05, 0) is 38.4 Å². The number of hydrogen-bond acceptors (Lipinski definition) is 3. The van der Waals surface area contributed by atoms with Gasteiger partial charge in [0.05, 0.1) is 0 Å². The zero-order valence-electron chi connectivity index (χ0n) is 13.2. The Balaban J connectivity index is 1.76. The number of carbonyl (C=O) groups is 1. The lowest BCUT2D eigenvalue weighted by Crippen LogP contribution is -2.39. The normalized spacial score (nSPS) is 20.4. The Hall–Kier alpha value is -1.39. The highest BCUT2D eigenvalue weighted by atomic mass is 16.2. The van der Waals surface area contributed by atoms with Crippen molar-refractivity contribution in [1.82, 2.24) is 9.80 Å². The molecule has 1 aromatic rings. The average Bonchev–Trinajstić information content (AvgIpc) is 2.90. The predicted octanol–water partition coefficient (Wildman–Crippen LogP) is 2.02. The van der Waals surface area contributed by atoms with Crippen LogP contribution in [0.5, 0.6) is 0 Å². The quantitative estimate of drug-likeness (QED) is 0.871. The summed E-state index contributed by atoms with van der Waals surface area (Å²) in [4.78, 5) is 16.4. The SMILES string of the molecule is CN(CC1CCCN1C)C(=O)CCC(N)c1ccccc1. The molecule has 1 amide bonds. The molecule has 21 heavy (non-hydrogen) atoms. The van der Waals surface area contributed by atoms with Crippen LogP contribution in [0.3, 0.4) is 0 Å². The van der Waals surface area contributed by atoms with Crippen LogP contribution in [0.4, 0.5) is 0 Å². The summed E-state index contributed by atoms with van der Waals surface area (Å²) in [5, 5.41) is 0. The molecule has 2 unspecified atom stereocenters. The number of likely N-dealkylation sites (tertiary alicyclic amines) is 1. The second-order valence-electron chi connectivity index (χ2n) is 6.11. The summed E-state index contributed by atoms with van der Waals surface area (Å²) in [6.45, 7) is 1.97. The van der Waals surface area contributed by atoms with Gasteiger partial charge in [0.15, 0.2) is 0 Å². The molecular weight excluding hydrogens is 262 g/mol. The molecular formula is C17H27N3O. The molecule has 2 rings (SSSR count). The molecule has 0 aromatic heterocycles. The standard InChI is InChI=1S/C17H27N3O/c1-19-12-6-9-15(19)13-20(2)17(21)11-10-16(18)14-7-4-3-5-8-14/h3-5,7-8,15-16H,6,9-13,18H2,1-2H3. The summed E-state index contributed by atoms with van der Waals surface area (Å²) in [7, 11) is 4.05. The zero-order chi connectivity index (χ0) is 15.2. The molecule has 2 N–H and O–H groups in total. The van der Waals surface area contributed by atoms with Crippen LogP contribution >= 0.6 is 0 Å². The smallest absolute Gasteiger partial charge is 0.222 e. The van der Waals surface area contributed by atoms with E-state index in [1.807, 2.05) is 42.3 Å². The van der Waals surface area contributed by atoms with Gasteiger partial charge in [-0.25, -0.2) is 0 Å². The molecule has 0 spiro atoms. The highest BCUT2D eigenvalue weighted by molar-refractivity contribution is 5.75. The topological polar surface area (TPSA) is 49.6 Å². The molecule has 4 nitrogen and oxygen atoms in total. The van der Waals surface area contributed by atoms with E-state index in [2.05, 4.69) is 11.9 Å². The Morgan fingerprint density at radius 2 is 2.14 bits per heavy atom. The summed E-state index contributed by atoms with van der Waals surface area (Å²) in [5.41, 5.74) is 7.25. The van der Waals surface area contributed by atoms with E-state index in [0.29, 0.717) is 18.9 Å². The number of likely N-dealkylation sites (N-methyl/N-ethyl adjacent to an activating group) is 2. The molecule has 4 heteroatoms. The second kappa shape index (κ2) is 7.57. The molecule has 1 fully saturated rings. The lowest BCUT2D eigenvalue weighted by molar-refractivity contribution is -0.130. The molecule has 1 aromatic carbocycles. The fourth-order valence-corrected chi connectivity index (χ4v) is 2.96. The summed E-state index contributed by atoms with van der Waals surface area (Å²) in [6.07, 6.45) is 3.65. The molecule has 0 saturated carbocycles. The van der Waals surface area contributed by atoms with Gasteiger partial charge < -0.3 is 15.5 Å². The first kappa shape index (κ1) is 16.0. The molecule has 1 aliphatic rings. The van der Waals surface area contributed by atoms with Crippen LogP contribution in [-0.2, 0) is 4.79 Å².